The standard InChI is InChI=1S/C15H25NO6/c1-5-20-10(4)13(17)16-11(14(18)21-6-2)8-9-12(16)15(19)22-7-3/h10-12H,5-9H2,1-4H3/t10-,11-,12+/m1/s1. The molecule has 0 aromatic carbocycles. The van der Waals surface area contributed by atoms with Gasteiger partial charge in [0.2, 0.25) is 0 Å². The third kappa shape index (κ3) is 4.19. The summed E-state index contributed by atoms with van der Waals surface area (Å²) in [4.78, 5) is 37.9. The van der Waals surface area contributed by atoms with Gasteiger partial charge in [-0.15, -0.1) is 0 Å². The van der Waals surface area contributed by atoms with Gasteiger partial charge in [0.25, 0.3) is 5.91 Å². The summed E-state index contributed by atoms with van der Waals surface area (Å²) in [6.07, 6.45) is 0.0386. The van der Waals surface area contributed by atoms with E-state index in [1.807, 2.05) is 0 Å². The maximum Gasteiger partial charge on any atom is 0.328 e. The van der Waals surface area contributed by atoms with Crippen LogP contribution in [0.25, 0.3) is 0 Å². The number of hydrogen-bond acceptors (Lipinski definition) is 6. The molecule has 0 aliphatic carbocycles. The van der Waals surface area contributed by atoms with Crippen LogP contribution < -0.4 is 0 Å². The average Bonchev–Trinajstić information content (AvgIpc) is 2.92. The normalized spacial score (nSPS) is 22.3. The first-order valence-corrected chi connectivity index (χ1v) is 7.74. The van der Waals surface area contributed by atoms with Gasteiger partial charge in [-0.3, -0.25) is 4.79 Å². The maximum atomic E-state index is 12.6. The molecule has 1 saturated heterocycles. The van der Waals surface area contributed by atoms with E-state index in [1.54, 1.807) is 27.7 Å². The summed E-state index contributed by atoms with van der Waals surface area (Å²) in [6.45, 7) is 7.60. The van der Waals surface area contributed by atoms with E-state index in [4.69, 9.17) is 14.2 Å². The number of esters is 2. The van der Waals surface area contributed by atoms with E-state index in [1.165, 1.54) is 4.90 Å². The van der Waals surface area contributed by atoms with Gasteiger partial charge in [0.1, 0.15) is 18.2 Å². The van der Waals surface area contributed by atoms with Crippen LogP contribution in [0.4, 0.5) is 0 Å². The highest BCUT2D eigenvalue weighted by atomic mass is 16.5. The predicted molar refractivity (Wildman–Crippen MR) is 78.0 cm³/mol. The number of nitrogens with zero attached hydrogens (tertiary/aromatic N) is 1. The largest absolute Gasteiger partial charge is 0.464 e. The van der Waals surface area contributed by atoms with Gasteiger partial charge in [0.05, 0.1) is 13.2 Å². The van der Waals surface area contributed by atoms with Crippen molar-refractivity contribution in [2.45, 2.75) is 58.7 Å². The fourth-order valence-corrected chi connectivity index (χ4v) is 2.59. The van der Waals surface area contributed by atoms with Crippen LogP contribution in [-0.4, -0.2) is 60.8 Å². The molecule has 0 N–H and O–H groups in total. The Bertz CT molecular complexity index is 385. The maximum absolute atomic E-state index is 12.6. The molecule has 0 radical (unpaired) electrons. The van der Waals surface area contributed by atoms with Crippen LogP contribution in [0.2, 0.25) is 0 Å². The monoisotopic (exact) mass is 315 g/mol. The Hall–Kier alpha value is -1.63. The van der Waals surface area contributed by atoms with Crippen molar-refractivity contribution in [2.75, 3.05) is 19.8 Å². The number of amides is 1. The number of carbonyl (C=O) groups excluding carboxylic acids is 3. The van der Waals surface area contributed by atoms with Crippen molar-refractivity contribution in [3.05, 3.63) is 0 Å². The highest BCUT2D eigenvalue weighted by Crippen LogP contribution is 2.27. The Morgan fingerprint density at radius 2 is 1.41 bits per heavy atom. The van der Waals surface area contributed by atoms with E-state index in [0.717, 1.165) is 0 Å². The van der Waals surface area contributed by atoms with Gasteiger partial charge in [-0.05, 0) is 40.5 Å². The van der Waals surface area contributed by atoms with Crippen LogP contribution in [0.1, 0.15) is 40.5 Å². The van der Waals surface area contributed by atoms with Crippen LogP contribution in [0.5, 0.6) is 0 Å². The molecule has 22 heavy (non-hydrogen) atoms. The number of likely N-dealkylation sites (tertiary alicyclic amines) is 1. The van der Waals surface area contributed by atoms with Crippen LogP contribution in [-0.2, 0) is 28.6 Å². The van der Waals surface area contributed by atoms with Crippen molar-refractivity contribution in [3.63, 3.8) is 0 Å². The molecule has 1 amide bonds. The first kappa shape index (κ1) is 18.4. The Labute approximate surface area is 130 Å². The lowest BCUT2D eigenvalue weighted by atomic mass is 10.2. The Morgan fingerprint density at radius 1 is 0.955 bits per heavy atom. The number of ether oxygens (including phenoxy) is 3. The molecule has 0 aromatic heterocycles. The molecule has 7 heteroatoms. The fraction of sp³-hybridized carbons (Fsp3) is 0.800. The molecular formula is C15H25NO6. The summed E-state index contributed by atoms with van der Waals surface area (Å²) in [5.41, 5.74) is 0. The lowest BCUT2D eigenvalue weighted by molar-refractivity contribution is -0.164. The quantitative estimate of drug-likeness (QED) is 0.649. The fourth-order valence-electron chi connectivity index (χ4n) is 2.59. The van der Waals surface area contributed by atoms with Gasteiger partial charge in [0, 0.05) is 6.61 Å². The molecule has 0 saturated carbocycles. The topological polar surface area (TPSA) is 82.1 Å². The van der Waals surface area contributed by atoms with Crippen molar-refractivity contribution >= 4 is 17.8 Å². The zero-order valence-corrected chi connectivity index (χ0v) is 13.7. The van der Waals surface area contributed by atoms with Crippen LogP contribution in [0.15, 0.2) is 0 Å². The smallest absolute Gasteiger partial charge is 0.328 e. The van der Waals surface area contributed by atoms with E-state index >= 15 is 0 Å². The summed E-state index contributed by atoms with van der Waals surface area (Å²) >= 11 is 0. The van der Waals surface area contributed by atoms with Crippen LogP contribution in [0.3, 0.4) is 0 Å². The van der Waals surface area contributed by atoms with Gasteiger partial charge >= 0.3 is 11.9 Å². The van der Waals surface area contributed by atoms with Crippen molar-refractivity contribution < 1.29 is 28.6 Å². The van der Waals surface area contributed by atoms with Crippen molar-refractivity contribution in [2.24, 2.45) is 0 Å². The number of rotatable bonds is 7. The third-order valence-corrected chi connectivity index (χ3v) is 3.52. The van der Waals surface area contributed by atoms with Crippen molar-refractivity contribution in [1.82, 2.24) is 4.90 Å². The first-order chi connectivity index (χ1) is 10.5. The SMILES string of the molecule is CCOC(=O)[C@H]1CC[C@@H](C(=O)OCC)N1C(=O)[C@@H](C)OCC. The molecule has 3 atom stereocenters. The molecule has 1 fully saturated rings. The highest BCUT2D eigenvalue weighted by Gasteiger charge is 2.46. The Balaban J connectivity index is 2.97. The average molecular weight is 315 g/mol. The molecule has 1 aliphatic heterocycles. The summed E-state index contributed by atoms with van der Waals surface area (Å²) in [5.74, 6) is -1.38. The summed E-state index contributed by atoms with van der Waals surface area (Å²) in [6, 6.07) is -1.52. The second kappa shape index (κ2) is 8.73. The van der Waals surface area contributed by atoms with E-state index in [9.17, 15) is 14.4 Å². The molecule has 0 bridgehead atoms. The molecular weight excluding hydrogens is 290 g/mol. The van der Waals surface area contributed by atoms with Gasteiger partial charge < -0.3 is 19.1 Å². The van der Waals surface area contributed by atoms with Gasteiger partial charge in [0.15, 0.2) is 0 Å². The minimum atomic E-state index is -0.759. The number of hydrogen-bond donors (Lipinski definition) is 0. The Kier molecular flexibility index (Phi) is 7.31. The van der Waals surface area contributed by atoms with Gasteiger partial charge in [-0.25, -0.2) is 9.59 Å². The molecule has 1 aliphatic rings. The minimum Gasteiger partial charge on any atom is -0.464 e. The third-order valence-electron chi connectivity index (χ3n) is 3.52. The number of carbonyl (C=O) groups is 3. The van der Waals surface area contributed by atoms with E-state index in [-0.39, 0.29) is 13.2 Å². The van der Waals surface area contributed by atoms with E-state index in [2.05, 4.69) is 0 Å². The lowest BCUT2D eigenvalue weighted by Gasteiger charge is -2.30. The van der Waals surface area contributed by atoms with E-state index < -0.39 is 36.0 Å². The molecule has 0 unspecified atom stereocenters. The lowest BCUT2D eigenvalue weighted by Crippen LogP contribution is -2.52. The molecule has 126 valence electrons. The second-order valence-electron chi connectivity index (χ2n) is 4.96. The predicted octanol–water partition coefficient (Wildman–Crippen LogP) is 0.897. The van der Waals surface area contributed by atoms with Crippen molar-refractivity contribution in [1.29, 1.82) is 0 Å². The molecule has 1 rings (SSSR count). The molecule has 0 aromatic rings. The second-order valence-corrected chi connectivity index (χ2v) is 4.96. The van der Waals surface area contributed by atoms with Crippen LogP contribution in [0, 0.1) is 0 Å². The molecule has 1 heterocycles. The molecule has 0 spiro atoms. The van der Waals surface area contributed by atoms with E-state index in [0.29, 0.717) is 19.4 Å². The van der Waals surface area contributed by atoms with Gasteiger partial charge in [-0.2, -0.15) is 0 Å². The summed E-state index contributed by atoms with van der Waals surface area (Å²) < 4.78 is 15.3. The zero-order chi connectivity index (χ0) is 16.7. The molecule has 7 nitrogen and oxygen atoms in total. The zero-order valence-electron chi connectivity index (χ0n) is 13.7. The summed E-state index contributed by atoms with van der Waals surface area (Å²) in [5, 5.41) is 0. The first-order valence-electron chi connectivity index (χ1n) is 7.74. The minimum absolute atomic E-state index is 0.225. The van der Waals surface area contributed by atoms with Crippen molar-refractivity contribution in [3.8, 4) is 0 Å². The summed E-state index contributed by atoms with van der Waals surface area (Å²) in [7, 11) is 0. The highest BCUT2D eigenvalue weighted by molar-refractivity contribution is 5.92. The van der Waals surface area contributed by atoms with Crippen LogP contribution >= 0.6 is 0 Å². The van der Waals surface area contributed by atoms with Gasteiger partial charge in [-0.1, -0.05) is 0 Å². The Morgan fingerprint density at radius 3 is 1.77 bits per heavy atom.